The highest BCUT2D eigenvalue weighted by atomic mass is 32.2. The van der Waals surface area contributed by atoms with Crippen LogP contribution < -0.4 is 5.32 Å². The van der Waals surface area contributed by atoms with E-state index < -0.39 is 0 Å². The second-order valence-electron chi connectivity index (χ2n) is 6.38. The average molecular weight is 311 g/mol. The van der Waals surface area contributed by atoms with Gasteiger partial charge in [-0.1, -0.05) is 19.0 Å². The summed E-state index contributed by atoms with van der Waals surface area (Å²) in [5.74, 6) is 3.32. The van der Waals surface area contributed by atoms with E-state index in [4.69, 9.17) is 4.52 Å². The third-order valence-corrected chi connectivity index (χ3v) is 5.24. The lowest BCUT2D eigenvalue weighted by Gasteiger charge is -2.35. The van der Waals surface area contributed by atoms with E-state index in [1.807, 2.05) is 11.8 Å². The maximum atomic E-state index is 12.2. The molecular formula is C15H25N3O2S. The average Bonchev–Trinajstić information content (AvgIpc) is 3.05. The van der Waals surface area contributed by atoms with Gasteiger partial charge in [0.05, 0.1) is 0 Å². The minimum atomic E-state index is -0.146. The van der Waals surface area contributed by atoms with Crippen LogP contribution in [0.25, 0.3) is 0 Å². The standard InChI is InChI=1S/C15H25N3O2S/c1-11(2)7-12-8-13(17-20-12)14(19)16-9-15(18(3)4)5-6-21-10-15/h8,11H,5-7,9-10H2,1-4H3,(H,16,19)/t15-/m1/s1. The molecule has 2 rings (SSSR count). The van der Waals surface area contributed by atoms with Crippen LogP contribution in [0, 0.1) is 5.92 Å². The van der Waals surface area contributed by atoms with Crippen molar-refractivity contribution >= 4 is 17.7 Å². The number of nitrogens with one attached hydrogen (secondary N) is 1. The van der Waals surface area contributed by atoms with Crippen molar-refractivity contribution in [1.29, 1.82) is 0 Å². The quantitative estimate of drug-likeness (QED) is 0.871. The minimum absolute atomic E-state index is 0.0603. The SMILES string of the molecule is CC(C)Cc1cc(C(=O)NC[C@]2(N(C)C)CCSC2)no1. The van der Waals surface area contributed by atoms with Gasteiger partial charge in [-0.25, -0.2) is 0 Å². The Morgan fingerprint density at radius 3 is 2.90 bits per heavy atom. The Hall–Kier alpha value is -1.01. The number of thioether (sulfide) groups is 1. The molecule has 5 nitrogen and oxygen atoms in total. The molecule has 21 heavy (non-hydrogen) atoms. The Labute approximate surface area is 130 Å². The third kappa shape index (κ3) is 4.01. The van der Waals surface area contributed by atoms with Crippen LogP contribution in [0.1, 0.15) is 36.5 Å². The summed E-state index contributed by atoms with van der Waals surface area (Å²) in [6, 6.07) is 1.75. The van der Waals surface area contributed by atoms with Crippen LogP contribution in [-0.2, 0) is 6.42 Å². The maximum absolute atomic E-state index is 12.2. The molecule has 118 valence electrons. The molecule has 1 saturated heterocycles. The molecule has 1 atom stereocenters. The fraction of sp³-hybridized carbons (Fsp3) is 0.733. The van der Waals surface area contributed by atoms with Crippen molar-refractivity contribution < 1.29 is 9.32 Å². The van der Waals surface area contributed by atoms with E-state index >= 15 is 0 Å². The zero-order valence-electron chi connectivity index (χ0n) is 13.3. The molecule has 1 N–H and O–H groups in total. The number of hydrogen-bond donors (Lipinski definition) is 1. The molecule has 0 saturated carbocycles. The second kappa shape index (κ2) is 6.83. The molecule has 1 aromatic heterocycles. The topological polar surface area (TPSA) is 58.4 Å². The van der Waals surface area contributed by atoms with E-state index in [1.54, 1.807) is 6.07 Å². The van der Waals surface area contributed by atoms with Gasteiger partial charge in [0, 0.05) is 30.3 Å². The van der Waals surface area contributed by atoms with Crippen LogP contribution in [0.2, 0.25) is 0 Å². The molecule has 1 aliphatic rings. The number of nitrogens with zero attached hydrogens (tertiary/aromatic N) is 2. The van der Waals surface area contributed by atoms with Crippen LogP contribution in [-0.4, -0.2) is 53.6 Å². The molecule has 1 fully saturated rings. The summed E-state index contributed by atoms with van der Waals surface area (Å²) in [5, 5.41) is 6.89. The lowest BCUT2D eigenvalue weighted by Crippen LogP contribution is -2.53. The summed E-state index contributed by atoms with van der Waals surface area (Å²) in [6.45, 7) is 4.87. The van der Waals surface area contributed by atoms with Gasteiger partial charge in [0.15, 0.2) is 5.69 Å². The van der Waals surface area contributed by atoms with Crippen LogP contribution in [0.4, 0.5) is 0 Å². The van der Waals surface area contributed by atoms with Crippen molar-refractivity contribution in [3.05, 3.63) is 17.5 Å². The predicted molar refractivity (Wildman–Crippen MR) is 85.7 cm³/mol. The van der Waals surface area contributed by atoms with E-state index in [0.29, 0.717) is 18.2 Å². The predicted octanol–water partition coefficient (Wildman–Crippen LogP) is 2.04. The van der Waals surface area contributed by atoms with Crippen LogP contribution in [0.5, 0.6) is 0 Å². The van der Waals surface area contributed by atoms with Gasteiger partial charge >= 0.3 is 0 Å². The molecule has 0 bridgehead atoms. The number of carbonyl (C=O) groups is 1. The maximum Gasteiger partial charge on any atom is 0.273 e. The highest BCUT2D eigenvalue weighted by Crippen LogP contribution is 2.31. The Balaban J connectivity index is 1.93. The number of amides is 1. The van der Waals surface area contributed by atoms with Crippen LogP contribution >= 0.6 is 11.8 Å². The van der Waals surface area contributed by atoms with Gasteiger partial charge in [-0.15, -0.1) is 0 Å². The van der Waals surface area contributed by atoms with E-state index in [-0.39, 0.29) is 11.4 Å². The normalized spacial score (nSPS) is 22.2. The van der Waals surface area contributed by atoms with Crippen LogP contribution in [0.3, 0.4) is 0 Å². The highest BCUT2D eigenvalue weighted by Gasteiger charge is 2.37. The first kappa shape index (κ1) is 16.4. The molecule has 0 radical (unpaired) electrons. The number of carbonyl (C=O) groups excluding carboxylic acids is 1. The zero-order chi connectivity index (χ0) is 15.5. The van der Waals surface area contributed by atoms with E-state index in [9.17, 15) is 4.79 Å². The highest BCUT2D eigenvalue weighted by molar-refractivity contribution is 7.99. The van der Waals surface area contributed by atoms with Gasteiger partial charge in [0.1, 0.15) is 5.76 Å². The van der Waals surface area contributed by atoms with Crippen LogP contribution in [0.15, 0.2) is 10.6 Å². The fourth-order valence-corrected chi connectivity index (χ4v) is 4.05. The molecule has 1 aliphatic heterocycles. The van der Waals surface area contributed by atoms with Gasteiger partial charge in [0.2, 0.25) is 0 Å². The molecule has 0 aliphatic carbocycles. The Morgan fingerprint density at radius 2 is 2.33 bits per heavy atom. The van der Waals surface area contributed by atoms with E-state index in [0.717, 1.165) is 30.1 Å². The first-order valence-corrected chi connectivity index (χ1v) is 8.57. The van der Waals surface area contributed by atoms with E-state index in [1.165, 1.54) is 0 Å². The second-order valence-corrected chi connectivity index (χ2v) is 7.49. The third-order valence-electron chi connectivity index (χ3n) is 4.01. The Bertz CT molecular complexity index is 479. The van der Waals surface area contributed by atoms with Gasteiger partial charge in [-0.2, -0.15) is 11.8 Å². The first-order chi connectivity index (χ1) is 9.93. The van der Waals surface area contributed by atoms with Crippen molar-refractivity contribution in [2.45, 2.75) is 32.2 Å². The molecular weight excluding hydrogens is 286 g/mol. The minimum Gasteiger partial charge on any atom is -0.361 e. The van der Waals surface area contributed by atoms with Crippen molar-refractivity contribution in [3.8, 4) is 0 Å². The first-order valence-electron chi connectivity index (χ1n) is 7.42. The summed E-state index contributed by atoms with van der Waals surface area (Å²) >= 11 is 1.94. The molecule has 0 unspecified atom stereocenters. The smallest absolute Gasteiger partial charge is 0.273 e. The zero-order valence-corrected chi connectivity index (χ0v) is 14.1. The number of aromatic nitrogens is 1. The Morgan fingerprint density at radius 1 is 1.57 bits per heavy atom. The van der Waals surface area contributed by atoms with Crippen molar-refractivity contribution in [2.75, 3.05) is 32.1 Å². The van der Waals surface area contributed by atoms with E-state index in [2.05, 4.69) is 43.3 Å². The van der Waals surface area contributed by atoms with Crippen molar-refractivity contribution in [3.63, 3.8) is 0 Å². The summed E-state index contributed by atoms with van der Waals surface area (Å²) in [4.78, 5) is 14.4. The lowest BCUT2D eigenvalue weighted by atomic mass is 9.97. The fourth-order valence-electron chi connectivity index (χ4n) is 2.50. The summed E-state index contributed by atoms with van der Waals surface area (Å²) < 4.78 is 5.22. The molecule has 1 aromatic rings. The summed E-state index contributed by atoms with van der Waals surface area (Å²) in [7, 11) is 4.16. The van der Waals surface area contributed by atoms with Gasteiger partial charge in [-0.05, 0) is 32.2 Å². The molecule has 6 heteroatoms. The largest absolute Gasteiger partial charge is 0.361 e. The monoisotopic (exact) mass is 311 g/mol. The van der Waals surface area contributed by atoms with Gasteiger partial charge < -0.3 is 14.7 Å². The molecule has 0 aromatic carbocycles. The summed E-state index contributed by atoms with van der Waals surface area (Å²) in [6.07, 6.45) is 1.90. The molecule has 1 amide bonds. The number of rotatable bonds is 6. The van der Waals surface area contributed by atoms with Gasteiger partial charge in [-0.3, -0.25) is 4.79 Å². The van der Waals surface area contributed by atoms with Gasteiger partial charge in [0.25, 0.3) is 5.91 Å². The summed E-state index contributed by atoms with van der Waals surface area (Å²) in [5.41, 5.74) is 0.440. The number of hydrogen-bond acceptors (Lipinski definition) is 5. The molecule has 2 heterocycles. The lowest BCUT2D eigenvalue weighted by molar-refractivity contribution is 0.0905. The number of likely N-dealkylation sites (N-methyl/N-ethyl adjacent to an activating group) is 1. The molecule has 0 spiro atoms. The Kier molecular flexibility index (Phi) is 5.32. The van der Waals surface area contributed by atoms with Crippen molar-refractivity contribution in [1.82, 2.24) is 15.4 Å². The van der Waals surface area contributed by atoms with Crippen molar-refractivity contribution in [2.24, 2.45) is 5.92 Å².